The predicted octanol–water partition coefficient (Wildman–Crippen LogP) is 4.39. The van der Waals surface area contributed by atoms with Gasteiger partial charge in [0.05, 0.1) is 4.90 Å². The number of benzene rings is 2. The smallest absolute Gasteiger partial charge is 0.211 e. The van der Waals surface area contributed by atoms with Crippen molar-refractivity contribution in [1.82, 2.24) is 4.72 Å². The highest BCUT2D eigenvalue weighted by atomic mass is 79.9. The number of sulfonamides is 1. The Balaban J connectivity index is 2.03. The minimum Gasteiger partial charge on any atom is -0.211 e. The van der Waals surface area contributed by atoms with Gasteiger partial charge in [-0.05, 0) is 58.2 Å². The lowest BCUT2D eigenvalue weighted by molar-refractivity contribution is 0.581. The van der Waals surface area contributed by atoms with Crippen molar-refractivity contribution in [3.8, 4) is 0 Å². The summed E-state index contributed by atoms with van der Waals surface area (Å²) in [7, 11) is -3.53. The molecule has 7 heteroatoms. The van der Waals surface area contributed by atoms with Crippen LogP contribution >= 0.6 is 43.5 Å². The van der Waals surface area contributed by atoms with Gasteiger partial charge in [-0.3, -0.25) is 0 Å². The standard InChI is InChI=1S/C14H12Br2ClNO2S/c15-11-3-6-14(13(16)9-11)21(19,20)18-8-7-10-1-4-12(17)5-2-10/h1-6,9,18H,7-8H2. The second-order valence-electron chi connectivity index (χ2n) is 4.35. The van der Waals surface area contributed by atoms with E-state index in [9.17, 15) is 8.42 Å². The van der Waals surface area contributed by atoms with E-state index in [0.29, 0.717) is 22.5 Å². The quantitative estimate of drug-likeness (QED) is 0.730. The Labute approximate surface area is 146 Å². The van der Waals surface area contributed by atoms with E-state index in [1.807, 2.05) is 12.1 Å². The van der Waals surface area contributed by atoms with Crippen molar-refractivity contribution in [2.75, 3.05) is 6.54 Å². The number of halogens is 3. The molecular weight excluding hydrogens is 441 g/mol. The zero-order valence-electron chi connectivity index (χ0n) is 10.8. The Morgan fingerprint density at radius 1 is 1.05 bits per heavy atom. The molecule has 2 aromatic rings. The summed E-state index contributed by atoms with van der Waals surface area (Å²) in [6.07, 6.45) is 0.602. The minimum atomic E-state index is -3.53. The van der Waals surface area contributed by atoms with Crippen LogP contribution in [0.4, 0.5) is 0 Å². The normalized spacial score (nSPS) is 11.6. The number of hydrogen-bond acceptors (Lipinski definition) is 2. The zero-order chi connectivity index (χ0) is 15.5. The fraction of sp³-hybridized carbons (Fsp3) is 0.143. The molecule has 2 aromatic carbocycles. The van der Waals surface area contributed by atoms with E-state index in [1.165, 1.54) is 0 Å². The maximum Gasteiger partial charge on any atom is 0.241 e. The first kappa shape index (κ1) is 17.0. The number of hydrogen-bond donors (Lipinski definition) is 1. The van der Waals surface area contributed by atoms with Crippen molar-refractivity contribution in [1.29, 1.82) is 0 Å². The van der Waals surface area contributed by atoms with Gasteiger partial charge in [0.15, 0.2) is 0 Å². The number of nitrogens with one attached hydrogen (secondary N) is 1. The van der Waals surface area contributed by atoms with Crippen LogP contribution in [0.5, 0.6) is 0 Å². The summed E-state index contributed by atoms with van der Waals surface area (Å²) < 4.78 is 28.4. The molecule has 1 N–H and O–H groups in total. The van der Waals surface area contributed by atoms with Crippen molar-refractivity contribution >= 4 is 53.5 Å². The van der Waals surface area contributed by atoms with Crippen LogP contribution in [0.25, 0.3) is 0 Å². The second-order valence-corrected chi connectivity index (χ2v) is 8.29. The lowest BCUT2D eigenvalue weighted by atomic mass is 10.2. The molecule has 0 aromatic heterocycles. The Morgan fingerprint density at radius 3 is 2.33 bits per heavy atom. The lowest BCUT2D eigenvalue weighted by Gasteiger charge is -2.09. The van der Waals surface area contributed by atoms with E-state index in [4.69, 9.17) is 11.6 Å². The van der Waals surface area contributed by atoms with E-state index < -0.39 is 10.0 Å². The molecule has 112 valence electrons. The van der Waals surface area contributed by atoms with E-state index in [0.717, 1.165) is 10.0 Å². The predicted molar refractivity (Wildman–Crippen MR) is 92.2 cm³/mol. The van der Waals surface area contributed by atoms with Crippen molar-refractivity contribution in [2.24, 2.45) is 0 Å². The molecule has 0 heterocycles. The molecule has 0 aliphatic carbocycles. The van der Waals surface area contributed by atoms with Gasteiger partial charge >= 0.3 is 0 Å². The Morgan fingerprint density at radius 2 is 1.71 bits per heavy atom. The molecule has 0 aliphatic rings. The minimum absolute atomic E-state index is 0.224. The lowest BCUT2D eigenvalue weighted by Crippen LogP contribution is -2.26. The van der Waals surface area contributed by atoms with Crippen LogP contribution in [0.15, 0.2) is 56.3 Å². The van der Waals surface area contributed by atoms with E-state index in [-0.39, 0.29) is 4.90 Å². The number of rotatable bonds is 5. The van der Waals surface area contributed by atoms with Gasteiger partial charge in [-0.15, -0.1) is 0 Å². The summed E-state index contributed by atoms with van der Waals surface area (Å²) in [6, 6.07) is 12.3. The molecule has 0 atom stereocenters. The fourth-order valence-electron chi connectivity index (χ4n) is 1.75. The Bertz CT molecular complexity index is 733. The molecule has 0 unspecified atom stereocenters. The van der Waals surface area contributed by atoms with Crippen LogP contribution in [0.1, 0.15) is 5.56 Å². The average molecular weight is 454 g/mol. The van der Waals surface area contributed by atoms with Crippen LogP contribution in [0.2, 0.25) is 5.02 Å². The van der Waals surface area contributed by atoms with Crippen molar-refractivity contribution in [3.05, 3.63) is 62.0 Å². The molecule has 0 amide bonds. The van der Waals surface area contributed by atoms with Gasteiger partial charge in [0.25, 0.3) is 0 Å². The summed E-state index contributed by atoms with van der Waals surface area (Å²) in [4.78, 5) is 0.224. The summed E-state index contributed by atoms with van der Waals surface area (Å²) >= 11 is 12.4. The van der Waals surface area contributed by atoms with Gasteiger partial charge in [-0.25, -0.2) is 13.1 Å². The van der Waals surface area contributed by atoms with Crippen molar-refractivity contribution in [3.63, 3.8) is 0 Å². The highest BCUT2D eigenvalue weighted by molar-refractivity contribution is 9.11. The summed E-state index contributed by atoms with van der Waals surface area (Å²) in [5.74, 6) is 0. The van der Waals surface area contributed by atoms with E-state index in [2.05, 4.69) is 36.6 Å². The molecule has 0 aliphatic heterocycles. The van der Waals surface area contributed by atoms with E-state index in [1.54, 1.807) is 30.3 Å². The molecule has 2 rings (SSSR count). The molecule has 0 saturated carbocycles. The van der Waals surface area contributed by atoms with Gasteiger partial charge in [0.1, 0.15) is 0 Å². The molecule has 0 saturated heterocycles. The first-order chi connectivity index (χ1) is 9.88. The molecule has 0 radical (unpaired) electrons. The SMILES string of the molecule is O=S(=O)(NCCc1ccc(Cl)cc1)c1ccc(Br)cc1Br. The van der Waals surface area contributed by atoms with Gasteiger partial charge in [-0.1, -0.05) is 39.7 Å². The van der Waals surface area contributed by atoms with E-state index >= 15 is 0 Å². The maximum atomic E-state index is 12.2. The molecule has 0 bridgehead atoms. The molecule has 0 spiro atoms. The van der Waals surface area contributed by atoms with Crippen molar-refractivity contribution < 1.29 is 8.42 Å². The Kier molecular flexibility index (Phi) is 5.85. The third-order valence-corrected chi connectivity index (χ3v) is 5.99. The summed E-state index contributed by atoms with van der Waals surface area (Å²) in [6.45, 7) is 0.326. The van der Waals surface area contributed by atoms with Gasteiger partial charge in [0.2, 0.25) is 10.0 Å². The van der Waals surface area contributed by atoms with Crippen LogP contribution in [-0.2, 0) is 16.4 Å². The van der Waals surface area contributed by atoms with Crippen LogP contribution in [-0.4, -0.2) is 15.0 Å². The average Bonchev–Trinajstić information content (AvgIpc) is 2.40. The fourth-order valence-corrected chi connectivity index (χ4v) is 4.65. The van der Waals surface area contributed by atoms with Gasteiger partial charge < -0.3 is 0 Å². The highest BCUT2D eigenvalue weighted by Crippen LogP contribution is 2.25. The summed E-state index contributed by atoms with van der Waals surface area (Å²) in [5.41, 5.74) is 1.02. The molecule has 21 heavy (non-hydrogen) atoms. The zero-order valence-corrected chi connectivity index (χ0v) is 15.6. The first-order valence-electron chi connectivity index (χ1n) is 6.08. The topological polar surface area (TPSA) is 46.2 Å². The van der Waals surface area contributed by atoms with Crippen molar-refractivity contribution in [2.45, 2.75) is 11.3 Å². The van der Waals surface area contributed by atoms with Crippen LogP contribution in [0.3, 0.4) is 0 Å². The monoisotopic (exact) mass is 451 g/mol. The van der Waals surface area contributed by atoms with Gasteiger partial charge in [-0.2, -0.15) is 0 Å². The van der Waals surface area contributed by atoms with Crippen LogP contribution in [0, 0.1) is 0 Å². The van der Waals surface area contributed by atoms with Gasteiger partial charge in [0, 0.05) is 20.5 Å². The first-order valence-corrected chi connectivity index (χ1v) is 9.52. The Hall–Kier alpha value is -0.400. The maximum absolute atomic E-state index is 12.2. The third kappa shape index (κ3) is 4.79. The third-order valence-electron chi connectivity index (χ3n) is 2.80. The largest absolute Gasteiger partial charge is 0.241 e. The molecule has 0 fully saturated rings. The molecule has 3 nitrogen and oxygen atoms in total. The molecular formula is C14H12Br2ClNO2S. The van der Waals surface area contributed by atoms with Crippen LogP contribution < -0.4 is 4.72 Å². The summed E-state index contributed by atoms with van der Waals surface area (Å²) in [5, 5.41) is 0.665. The second kappa shape index (κ2) is 7.24. The highest BCUT2D eigenvalue weighted by Gasteiger charge is 2.17.